The molecule has 0 aromatic heterocycles. The molecule has 0 fully saturated rings. The van der Waals surface area contributed by atoms with E-state index in [1.807, 2.05) is 51.1 Å². The minimum atomic E-state index is -0.537. The number of hydrogen-bond donors (Lipinski definition) is 1. The fraction of sp³-hybridized carbons (Fsp3) is 0.294. The van der Waals surface area contributed by atoms with Crippen LogP contribution in [0.2, 0.25) is 0 Å². The van der Waals surface area contributed by atoms with Gasteiger partial charge in [-0.15, -0.1) is 0 Å². The Bertz CT molecular complexity index is 595. The predicted molar refractivity (Wildman–Crippen MR) is 79.4 cm³/mol. The van der Waals surface area contributed by atoms with E-state index >= 15 is 0 Å². The molecule has 0 heterocycles. The number of benzene rings is 2. The van der Waals surface area contributed by atoms with Crippen molar-refractivity contribution in [2.24, 2.45) is 5.73 Å². The third-order valence-electron chi connectivity index (χ3n) is 3.11. The normalized spacial score (nSPS) is 12.5. The maximum atomic E-state index is 14.1. The molecule has 0 radical (unpaired) electrons. The van der Waals surface area contributed by atoms with Crippen LogP contribution in [0, 0.1) is 12.7 Å². The largest absolute Gasteiger partial charge is 0.491 e. The molecule has 20 heavy (non-hydrogen) atoms. The second-order valence-electron chi connectivity index (χ2n) is 5.21. The number of para-hydroxylation sites is 1. The molecule has 0 aliphatic carbocycles. The third kappa shape index (κ3) is 3.17. The minimum Gasteiger partial charge on any atom is -0.491 e. The van der Waals surface area contributed by atoms with Gasteiger partial charge >= 0.3 is 0 Å². The highest BCUT2D eigenvalue weighted by Crippen LogP contribution is 2.30. The van der Waals surface area contributed by atoms with E-state index in [-0.39, 0.29) is 11.9 Å². The lowest BCUT2D eigenvalue weighted by Crippen LogP contribution is -2.16. The van der Waals surface area contributed by atoms with Crippen molar-refractivity contribution in [3.63, 3.8) is 0 Å². The SMILES string of the molecule is Cc1ccc(C(N)c2ccccc2OC(C)C)c(F)c1. The van der Waals surface area contributed by atoms with Crippen LogP contribution in [0.4, 0.5) is 4.39 Å². The average molecular weight is 273 g/mol. The molecule has 0 bridgehead atoms. The van der Waals surface area contributed by atoms with Gasteiger partial charge in [0.1, 0.15) is 11.6 Å². The van der Waals surface area contributed by atoms with Crippen molar-refractivity contribution in [2.45, 2.75) is 32.9 Å². The Morgan fingerprint density at radius 3 is 2.40 bits per heavy atom. The van der Waals surface area contributed by atoms with Crippen LogP contribution in [0.3, 0.4) is 0 Å². The van der Waals surface area contributed by atoms with Crippen LogP contribution in [-0.4, -0.2) is 6.10 Å². The first-order valence-corrected chi connectivity index (χ1v) is 6.76. The second-order valence-corrected chi connectivity index (χ2v) is 5.21. The molecule has 0 amide bonds. The summed E-state index contributed by atoms with van der Waals surface area (Å²) < 4.78 is 19.8. The van der Waals surface area contributed by atoms with Gasteiger partial charge in [-0.05, 0) is 38.5 Å². The molecule has 0 aliphatic rings. The maximum absolute atomic E-state index is 14.1. The average Bonchev–Trinajstić information content (AvgIpc) is 2.38. The van der Waals surface area contributed by atoms with Crippen LogP contribution in [0.15, 0.2) is 42.5 Å². The smallest absolute Gasteiger partial charge is 0.128 e. The molecule has 106 valence electrons. The van der Waals surface area contributed by atoms with Gasteiger partial charge in [-0.2, -0.15) is 0 Å². The van der Waals surface area contributed by atoms with Crippen molar-refractivity contribution in [1.82, 2.24) is 0 Å². The first-order chi connectivity index (χ1) is 9.49. The van der Waals surface area contributed by atoms with Crippen molar-refractivity contribution in [1.29, 1.82) is 0 Å². The van der Waals surface area contributed by atoms with E-state index in [4.69, 9.17) is 10.5 Å². The highest BCUT2D eigenvalue weighted by Gasteiger charge is 2.17. The molecule has 1 unspecified atom stereocenters. The minimum absolute atomic E-state index is 0.0474. The summed E-state index contributed by atoms with van der Waals surface area (Å²) in [5.74, 6) is 0.423. The zero-order valence-electron chi connectivity index (χ0n) is 12.1. The van der Waals surface area contributed by atoms with E-state index in [9.17, 15) is 4.39 Å². The molecule has 3 heteroatoms. The Kier molecular flexibility index (Phi) is 4.40. The van der Waals surface area contributed by atoms with Crippen LogP contribution in [0.5, 0.6) is 5.75 Å². The Morgan fingerprint density at radius 2 is 1.75 bits per heavy atom. The highest BCUT2D eigenvalue weighted by atomic mass is 19.1. The van der Waals surface area contributed by atoms with Crippen molar-refractivity contribution in [2.75, 3.05) is 0 Å². The molecule has 0 spiro atoms. The van der Waals surface area contributed by atoms with Crippen molar-refractivity contribution in [3.8, 4) is 5.75 Å². The number of ether oxygens (including phenoxy) is 1. The molecule has 2 aromatic rings. The number of nitrogens with two attached hydrogens (primary N) is 1. The maximum Gasteiger partial charge on any atom is 0.128 e. The van der Waals surface area contributed by atoms with Crippen LogP contribution in [0.1, 0.15) is 36.6 Å². The first-order valence-electron chi connectivity index (χ1n) is 6.76. The van der Waals surface area contributed by atoms with Gasteiger partial charge in [-0.3, -0.25) is 0 Å². The Balaban J connectivity index is 2.40. The summed E-state index contributed by atoms with van der Waals surface area (Å²) in [4.78, 5) is 0. The first kappa shape index (κ1) is 14.5. The van der Waals surface area contributed by atoms with E-state index in [1.54, 1.807) is 6.07 Å². The quantitative estimate of drug-likeness (QED) is 0.914. The summed E-state index contributed by atoms with van der Waals surface area (Å²) >= 11 is 0. The summed E-state index contributed by atoms with van der Waals surface area (Å²) in [5.41, 5.74) is 8.38. The molecule has 2 nitrogen and oxygen atoms in total. The monoisotopic (exact) mass is 273 g/mol. The molecule has 2 N–H and O–H groups in total. The second kappa shape index (κ2) is 6.06. The lowest BCUT2D eigenvalue weighted by atomic mass is 9.97. The van der Waals surface area contributed by atoms with Gasteiger partial charge in [0.2, 0.25) is 0 Å². The third-order valence-corrected chi connectivity index (χ3v) is 3.11. The lowest BCUT2D eigenvalue weighted by molar-refractivity contribution is 0.239. The highest BCUT2D eigenvalue weighted by molar-refractivity contribution is 5.42. The Hall–Kier alpha value is -1.87. The standard InChI is InChI=1S/C17H20FNO/c1-11(2)20-16-7-5-4-6-14(16)17(19)13-9-8-12(3)10-15(13)18/h4-11,17H,19H2,1-3H3. The van der Waals surface area contributed by atoms with Gasteiger partial charge < -0.3 is 10.5 Å². The summed E-state index contributed by atoms with van der Waals surface area (Å²) in [5, 5.41) is 0. The van der Waals surface area contributed by atoms with Gasteiger partial charge in [0.15, 0.2) is 0 Å². The van der Waals surface area contributed by atoms with Crippen LogP contribution < -0.4 is 10.5 Å². The van der Waals surface area contributed by atoms with Crippen LogP contribution in [0.25, 0.3) is 0 Å². The fourth-order valence-electron chi connectivity index (χ4n) is 2.15. The molecule has 1 atom stereocenters. The van der Waals surface area contributed by atoms with E-state index in [0.717, 1.165) is 11.1 Å². The number of halogens is 1. The summed E-state index contributed by atoms with van der Waals surface area (Å²) in [6, 6.07) is 12.1. The van der Waals surface area contributed by atoms with Crippen molar-refractivity contribution in [3.05, 3.63) is 65.0 Å². The van der Waals surface area contributed by atoms with Gasteiger partial charge in [-0.1, -0.05) is 30.3 Å². The Morgan fingerprint density at radius 1 is 1.05 bits per heavy atom. The van der Waals surface area contributed by atoms with Gasteiger partial charge in [0.25, 0.3) is 0 Å². The topological polar surface area (TPSA) is 35.2 Å². The predicted octanol–water partition coefficient (Wildman–Crippen LogP) is 3.97. The molecule has 0 saturated carbocycles. The van der Waals surface area contributed by atoms with Crippen LogP contribution in [-0.2, 0) is 0 Å². The lowest BCUT2D eigenvalue weighted by Gasteiger charge is -2.19. The molecule has 2 rings (SSSR count). The number of aryl methyl sites for hydroxylation is 1. The van der Waals surface area contributed by atoms with Crippen molar-refractivity contribution >= 4 is 0 Å². The van der Waals surface area contributed by atoms with Gasteiger partial charge in [-0.25, -0.2) is 4.39 Å². The molecular weight excluding hydrogens is 253 g/mol. The molecular formula is C17H20FNO. The van der Waals surface area contributed by atoms with Crippen LogP contribution >= 0.6 is 0 Å². The Labute approximate surface area is 119 Å². The van der Waals surface area contributed by atoms with E-state index in [2.05, 4.69) is 0 Å². The van der Waals surface area contributed by atoms with Gasteiger partial charge in [0, 0.05) is 11.1 Å². The number of hydrogen-bond acceptors (Lipinski definition) is 2. The van der Waals surface area contributed by atoms with Gasteiger partial charge in [0.05, 0.1) is 12.1 Å². The number of rotatable bonds is 4. The van der Waals surface area contributed by atoms with Crippen molar-refractivity contribution < 1.29 is 9.13 Å². The van der Waals surface area contributed by atoms with E-state index in [0.29, 0.717) is 11.3 Å². The molecule has 0 aliphatic heterocycles. The fourth-order valence-corrected chi connectivity index (χ4v) is 2.15. The van der Waals surface area contributed by atoms with E-state index in [1.165, 1.54) is 6.07 Å². The summed E-state index contributed by atoms with van der Waals surface area (Å²) in [7, 11) is 0. The molecule has 0 saturated heterocycles. The summed E-state index contributed by atoms with van der Waals surface area (Å²) in [6.45, 7) is 5.76. The van der Waals surface area contributed by atoms with E-state index < -0.39 is 6.04 Å². The zero-order chi connectivity index (χ0) is 14.7. The molecule has 2 aromatic carbocycles. The summed E-state index contributed by atoms with van der Waals surface area (Å²) in [6.07, 6.45) is 0.0474. The zero-order valence-corrected chi connectivity index (χ0v) is 12.1.